The minimum Gasteiger partial charge on any atom is -0.495 e. The number of likely N-dealkylation sites (tertiary alicyclic amines) is 1. The summed E-state index contributed by atoms with van der Waals surface area (Å²) in [7, 11) is 1.62. The number of carbonyl (C=O) groups is 1. The molecule has 0 bridgehead atoms. The summed E-state index contributed by atoms with van der Waals surface area (Å²) in [6, 6.07) is 18.3. The summed E-state index contributed by atoms with van der Waals surface area (Å²) < 4.78 is 5.28. The number of hydrogen-bond acceptors (Lipinski definition) is 3. The van der Waals surface area contributed by atoms with Gasteiger partial charge in [-0.3, -0.25) is 4.79 Å². The standard InChI is InChI=1S/C23H30N2O2/c1-27-22-10-6-5-9-21(22)24-23(26)15-18-25-16-13-20(14-17-25)12-11-19-7-3-2-4-8-19/h2-10,20H,11-18H2,1H3,(H,24,26). The lowest BCUT2D eigenvalue weighted by molar-refractivity contribution is -0.116. The summed E-state index contributed by atoms with van der Waals surface area (Å²) in [6.07, 6.45) is 5.44. The second kappa shape index (κ2) is 10.1. The molecule has 1 amide bonds. The smallest absolute Gasteiger partial charge is 0.225 e. The molecule has 1 aliphatic rings. The first-order valence-corrected chi connectivity index (χ1v) is 9.94. The van der Waals surface area contributed by atoms with Crippen molar-refractivity contribution in [3.8, 4) is 5.75 Å². The molecular formula is C23H30N2O2. The van der Waals surface area contributed by atoms with Crippen LogP contribution >= 0.6 is 0 Å². The number of carbonyl (C=O) groups excluding carboxylic acids is 1. The van der Waals surface area contributed by atoms with Crippen molar-refractivity contribution >= 4 is 11.6 Å². The van der Waals surface area contributed by atoms with Crippen molar-refractivity contribution in [3.63, 3.8) is 0 Å². The Kier molecular flexibility index (Phi) is 7.28. The molecule has 1 fully saturated rings. The molecule has 27 heavy (non-hydrogen) atoms. The zero-order valence-electron chi connectivity index (χ0n) is 16.2. The average Bonchev–Trinajstić information content (AvgIpc) is 2.72. The van der Waals surface area contributed by atoms with E-state index in [4.69, 9.17) is 4.74 Å². The van der Waals surface area contributed by atoms with Crippen LogP contribution in [0.4, 0.5) is 5.69 Å². The Morgan fingerprint density at radius 3 is 2.52 bits per heavy atom. The average molecular weight is 367 g/mol. The molecule has 2 aromatic rings. The van der Waals surface area contributed by atoms with Gasteiger partial charge in [0.15, 0.2) is 0 Å². The van der Waals surface area contributed by atoms with Crippen molar-refractivity contribution in [1.29, 1.82) is 0 Å². The maximum absolute atomic E-state index is 12.3. The van der Waals surface area contributed by atoms with E-state index >= 15 is 0 Å². The topological polar surface area (TPSA) is 41.6 Å². The number of para-hydroxylation sites is 2. The molecule has 3 rings (SSSR count). The highest BCUT2D eigenvalue weighted by molar-refractivity contribution is 5.92. The second-order valence-electron chi connectivity index (χ2n) is 7.31. The number of methoxy groups -OCH3 is 1. The zero-order valence-corrected chi connectivity index (χ0v) is 16.2. The van der Waals surface area contributed by atoms with Crippen LogP contribution < -0.4 is 10.1 Å². The molecular weight excluding hydrogens is 336 g/mol. The molecule has 4 nitrogen and oxygen atoms in total. The highest BCUT2D eigenvalue weighted by Gasteiger charge is 2.19. The number of piperidine rings is 1. The SMILES string of the molecule is COc1ccccc1NC(=O)CCN1CCC(CCc2ccccc2)CC1. The van der Waals surface area contributed by atoms with Gasteiger partial charge in [0.2, 0.25) is 5.91 Å². The fraction of sp³-hybridized carbons (Fsp3) is 0.435. The van der Waals surface area contributed by atoms with Gasteiger partial charge in [0, 0.05) is 13.0 Å². The quantitative estimate of drug-likeness (QED) is 0.754. The molecule has 0 aliphatic carbocycles. The number of benzene rings is 2. The minimum atomic E-state index is 0.0469. The molecule has 0 atom stereocenters. The van der Waals surface area contributed by atoms with Crippen molar-refractivity contribution in [1.82, 2.24) is 4.90 Å². The van der Waals surface area contributed by atoms with E-state index in [2.05, 4.69) is 40.5 Å². The Bertz CT molecular complexity index is 709. The van der Waals surface area contributed by atoms with Crippen LogP contribution in [0.3, 0.4) is 0 Å². The second-order valence-corrected chi connectivity index (χ2v) is 7.31. The van der Waals surface area contributed by atoms with E-state index in [1.54, 1.807) is 7.11 Å². The summed E-state index contributed by atoms with van der Waals surface area (Å²) in [4.78, 5) is 14.7. The normalized spacial score (nSPS) is 15.4. The van der Waals surface area contributed by atoms with Gasteiger partial charge in [-0.25, -0.2) is 0 Å². The summed E-state index contributed by atoms with van der Waals surface area (Å²) in [6.45, 7) is 3.02. The molecule has 0 saturated carbocycles. The predicted molar refractivity (Wildman–Crippen MR) is 110 cm³/mol. The van der Waals surface area contributed by atoms with E-state index in [0.717, 1.165) is 31.2 Å². The number of nitrogens with zero attached hydrogens (tertiary/aromatic N) is 1. The van der Waals surface area contributed by atoms with Crippen molar-refractivity contribution in [2.24, 2.45) is 5.92 Å². The maximum atomic E-state index is 12.3. The van der Waals surface area contributed by atoms with Gasteiger partial charge < -0.3 is 15.0 Å². The fourth-order valence-corrected chi connectivity index (χ4v) is 3.73. The van der Waals surface area contributed by atoms with Crippen LogP contribution in [0.5, 0.6) is 5.75 Å². The molecule has 1 heterocycles. The van der Waals surface area contributed by atoms with Crippen LogP contribution in [0.15, 0.2) is 54.6 Å². The van der Waals surface area contributed by atoms with Crippen LogP contribution in [-0.2, 0) is 11.2 Å². The van der Waals surface area contributed by atoms with Gasteiger partial charge in [0.25, 0.3) is 0 Å². The Labute approximate surface area is 162 Å². The van der Waals surface area contributed by atoms with Crippen molar-refractivity contribution in [2.45, 2.75) is 32.1 Å². The number of nitrogens with one attached hydrogen (secondary N) is 1. The number of rotatable bonds is 8. The van der Waals surface area contributed by atoms with Gasteiger partial charge in [-0.2, -0.15) is 0 Å². The van der Waals surface area contributed by atoms with E-state index in [0.29, 0.717) is 12.2 Å². The summed E-state index contributed by atoms with van der Waals surface area (Å²) in [5, 5.41) is 2.96. The number of amides is 1. The molecule has 0 unspecified atom stereocenters. The lowest BCUT2D eigenvalue weighted by Gasteiger charge is -2.31. The van der Waals surface area contributed by atoms with Gasteiger partial charge in [-0.15, -0.1) is 0 Å². The van der Waals surface area contributed by atoms with Crippen LogP contribution in [0.2, 0.25) is 0 Å². The van der Waals surface area contributed by atoms with Gasteiger partial charge in [-0.05, 0) is 62.4 Å². The van der Waals surface area contributed by atoms with Crippen LogP contribution in [-0.4, -0.2) is 37.6 Å². The molecule has 0 spiro atoms. The number of ether oxygens (including phenoxy) is 1. The third-order valence-electron chi connectivity index (χ3n) is 5.43. The number of anilines is 1. The van der Waals surface area contributed by atoms with E-state index in [9.17, 15) is 4.79 Å². The predicted octanol–water partition coefficient (Wildman–Crippen LogP) is 4.37. The molecule has 144 valence electrons. The minimum absolute atomic E-state index is 0.0469. The lowest BCUT2D eigenvalue weighted by Crippen LogP contribution is -2.35. The maximum Gasteiger partial charge on any atom is 0.225 e. The van der Waals surface area contributed by atoms with E-state index in [1.807, 2.05) is 24.3 Å². The third kappa shape index (κ3) is 6.10. The fourth-order valence-electron chi connectivity index (χ4n) is 3.73. The van der Waals surface area contributed by atoms with Crippen LogP contribution in [0, 0.1) is 5.92 Å². The Morgan fingerprint density at radius 1 is 1.07 bits per heavy atom. The van der Waals surface area contributed by atoms with E-state index in [-0.39, 0.29) is 5.91 Å². The van der Waals surface area contributed by atoms with Crippen LogP contribution in [0.25, 0.3) is 0 Å². The Hall–Kier alpha value is -2.33. The molecule has 4 heteroatoms. The Balaban J connectivity index is 1.35. The van der Waals surface area contributed by atoms with E-state index in [1.165, 1.54) is 31.2 Å². The molecule has 1 saturated heterocycles. The van der Waals surface area contributed by atoms with Crippen LogP contribution in [0.1, 0.15) is 31.2 Å². The Morgan fingerprint density at radius 2 is 1.78 bits per heavy atom. The molecule has 1 N–H and O–H groups in total. The van der Waals surface area contributed by atoms with Gasteiger partial charge in [0.1, 0.15) is 5.75 Å². The number of hydrogen-bond donors (Lipinski definition) is 1. The van der Waals surface area contributed by atoms with Crippen molar-refractivity contribution < 1.29 is 9.53 Å². The first-order chi connectivity index (χ1) is 13.2. The van der Waals surface area contributed by atoms with Crippen molar-refractivity contribution in [2.75, 3.05) is 32.1 Å². The highest BCUT2D eigenvalue weighted by Crippen LogP contribution is 2.24. The number of aryl methyl sites for hydroxylation is 1. The lowest BCUT2D eigenvalue weighted by atomic mass is 9.90. The molecule has 2 aromatic carbocycles. The summed E-state index contributed by atoms with van der Waals surface area (Å²) in [5.41, 5.74) is 2.18. The summed E-state index contributed by atoms with van der Waals surface area (Å²) >= 11 is 0. The monoisotopic (exact) mass is 366 g/mol. The highest BCUT2D eigenvalue weighted by atomic mass is 16.5. The summed E-state index contributed by atoms with van der Waals surface area (Å²) in [5.74, 6) is 1.56. The first-order valence-electron chi connectivity index (χ1n) is 9.94. The molecule has 0 radical (unpaired) electrons. The van der Waals surface area contributed by atoms with E-state index < -0.39 is 0 Å². The van der Waals surface area contributed by atoms with Crippen molar-refractivity contribution in [3.05, 3.63) is 60.2 Å². The third-order valence-corrected chi connectivity index (χ3v) is 5.43. The molecule has 1 aliphatic heterocycles. The largest absolute Gasteiger partial charge is 0.495 e. The van der Waals surface area contributed by atoms with Gasteiger partial charge in [-0.1, -0.05) is 42.5 Å². The zero-order chi connectivity index (χ0) is 18.9. The van der Waals surface area contributed by atoms with Gasteiger partial charge in [0.05, 0.1) is 12.8 Å². The molecule has 0 aromatic heterocycles. The van der Waals surface area contributed by atoms with Gasteiger partial charge >= 0.3 is 0 Å². The first kappa shape index (κ1) is 19.4.